The molecule has 1 amide bonds. The summed E-state index contributed by atoms with van der Waals surface area (Å²) in [5, 5.41) is 4.60. The van der Waals surface area contributed by atoms with Crippen LogP contribution >= 0.6 is 38.9 Å². The van der Waals surface area contributed by atoms with Gasteiger partial charge in [0.1, 0.15) is 0 Å². The summed E-state index contributed by atoms with van der Waals surface area (Å²) in [7, 11) is 0. The van der Waals surface area contributed by atoms with E-state index in [1.54, 1.807) is 12.1 Å². The van der Waals surface area contributed by atoms with E-state index in [0.717, 1.165) is 23.7 Å². The molecule has 0 saturated carbocycles. The number of hydrogen-bond acceptors (Lipinski definition) is 3. The molecule has 23 heavy (non-hydrogen) atoms. The third-order valence-corrected chi connectivity index (χ3v) is 5.96. The second-order valence-corrected chi connectivity index (χ2v) is 8.16. The Morgan fingerprint density at radius 3 is 3.00 bits per heavy atom. The van der Waals surface area contributed by atoms with Gasteiger partial charge in [0.05, 0.1) is 21.3 Å². The lowest BCUT2D eigenvalue weighted by molar-refractivity contribution is 0.0953. The van der Waals surface area contributed by atoms with Gasteiger partial charge in [-0.25, -0.2) is 4.98 Å². The van der Waals surface area contributed by atoms with Crippen LogP contribution in [0.5, 0.6) is 0 Å². The average Bonchev–Trinajstić information content (AvgIpc) is 2.96. The van der Waals surface area contributed by atoms with Crippen LogP contribution in [0.1, 0.15) is 45.2 Å². The molecule has 0 fully saturated rings. The molecular weight excluding hydrogens is 396 g/mol. The molecule has 1 heterocycles. The predicted molar refractivity (Wildman–Crippen MR) is 98.6 cm³/mol. The lowest BCUT2D eigenvalue weighted by atomic mass is 10.0. The van der Waals surface area contributed by atoms with Crippen LogP contribution in [0, 0.1) is 0 Å². The third kappa shape index (κ3) is 4.34. The summed E-state index contributed by atoms with van der Waals surface area (Å²) in [6, 6.07) is 5.29. The quantitative estimate of drug-likeness (QED) is 0.715. The van der Waals surface area contributed by atoms with Crippen LogP contribution in [-0.2, 0) is 19.3 Å². The number of hydrogen-bond donors (Lipinski definition) is 1. The van der Waals surface area contributed by atoms with Crippen molar-refractivity contribution >= 4 is 44.8 Å². The molecule has 1 aliphatic rings. The molecule has 1 aromatic carbocycles. The number of nitrogens with zero attached hydrogens (tertiary/aromatic N) is 1. The average molecular weight is 414 g/mol. The van der Waals surface area contributed by atoms with E-state index < -0.39 is 0 Å². The van der Waals surface area contributed by atoms with Crippen molar-refractivity contribution in [2.45, 2.75) is 38.5 Å². The number of carbonyl (C=O) groups excluding carboxylic acids is 1. The van der Waals surface area contributed by atoms with Gasteiger partial charge in [0.2, 0.25) is 0 Å². The lowest BCUT2D eigenvalue weighted by Crippen LogP contribution is -2.25. The highest BCUT2D eigenvalue weighted by Crippen LogP contribution is 2.27. The van der Waals surface area contributed by atoms with Crippen molar-refractivity contribution in [3.8, 4) is 0 Å². The predicted octanol–water partition coefficient (Wildman–Crippen LogP) is 4.80. The Balaban J connectivity index is 1.48. The summed E-state index contributed by atoms with van der Waals surface area (Å²) in [6.45, 7) is 0.631. The first-order valence-corrected chi connectivity index (χ1v) is 9.83. The first-order valence-electron chi connectivity index (χ1n) is 7.84. The van der Waals surface area contributed by atoms with Crippen LogP contribution in [0.15, 0.2) is 22.7 Å². The molecule has 1 N–H and O–H groups in total. The van der Waals surface area contributed by atoms with E-state index in [4.69, 9.17) is 16.6 Å². The SMILES string of the molecule is O=C(NCCCc1nc2c(s1)CCCC2)c1cc(Br)ccc1Cl. The van der Waals surface area contributed by atoms with Crippen molar-refractivity contribution in [3.05, 3.63) is 48.8 Å². The molecule has 0 atom stereocenters. The van der Waals surface area contributed by atoms with Gasteiger partial charge in [0, 0.05) is 22.3 Å². The number of halogens is 2. The third-order valence-electron chi connectivity index (χ3n) is 3.92. The Bertz CT molecular complexity index is 693. The molecular formula is C17H18BrClN2OS. The number of aromatic nitrogens is 1. The summed E-state index contributed by atoms with van der Waals surface area (Å²) < 4.78 is 0.848. The van der Waals surface area contributed by atoms with Crippen LogP contribution in [0.2, 0.25) is 5.02 Å². The van der Waals surface area contributed by atoms with E-state index in [1.165, 1.54) is 34.8 Å². The zero-order valence-corrected chi connectivity index (χ0v) is 15.9. The number of fused-ring (bicyclic) bond motifs is 1. The summed E-state index contributed by atoms with van der Waals surface area (Å²) in [4.78, 5) is 18.4. The first-order chi connectivity index (χ1) is 11.1. The maximum absolute atomic E-state index is 12.2. The molecule has 0 aliphatic heterocycles. The molecule has 2 aromatic rings. The largest absolute Gasteiger partial charge is 0.352 e. The number of benzene rings is 1. The Morgan fingerprint density at radius 2 is 2.17 bits per heavy atom. The number of carbonyl (C=O) groups is 1. The van der Waals surface area contributed by atoms with Crippen molar-refractivity contribution in [1.29, 1.82) is 0 Å². The molecule has 0 radical (unpaired) electrons. The van der Waals surface area contributed by atoms with Crippen molar-refractivity contribution < 1.29 is 4.79 Å². The van der Waals surface area contributed by atoms with Gasteiger partial charge >= 0.3 is 0 Å². The maximum Gasteiger partial charge on any atom is 0.252 e. The summed E-state index contributed by atoms with van der Waals surface area (Å²) in [6.07, 6.45) is 6.68. The van der Waals surface area contributed by atoms with E-state index in [2.05, 4.69) is 21.2 Å². The van der Waals surface area contributed by atoms with Crippen molar-refractivity contribution in [1.82, 2.24) is 10.3 Å². The topological polar surface area (TPSA) is 42.0 Å². The molecule has 0 unspecified atom stereocenters. The zero-order valence-electron chi connectivity index (χ0n) is 12.7. The fraction of sp³-hybridized carbons (Fsp3) is 0.412. The molecule has 1 aromatic heterocycles. The standard InChI is InChI=1S/C17H18BrClN2OS/c18-11-7-8-13(19)12(10-11)17(22)20-9-3-6-16-21-14-4-1-2-5-15(14)23-16/h7-8,10H,1-6,9H2,(H,20,22). The molecule has 0 spiro atoms. The van der Waals surface area contributed by atoms with Gasteiger partial charge in [-0.15, -0.1) is 11.3 Å². The van der Waals surface area contributed by atoms with Gasteiger partial charge in [-0.05, 0) is 50.3 Å². The molecule has 6 heteroatoms. The lowest BCUT2D eigenvalue weighted by Gasteiger charge is -2.07. The minimum atomic E-state index is -0.130. The fourth-order valence-corrected chi connectivity index (χ4v) is 4.48. The van der Waals surface area contributed by atoms with Gasteiger partial charge in [-0.3, -0.25) is 4.79 Å². The Labute approximate surface area is 153 Å². The highest BCUT2D eigenvalue weighted by atomic mass is 79.9. The van der Waals surface area contributed by atoms with E-state index in [9.17, 15) is 4.79 Å². The molecule has 1 aliphatic carbocycles. The molecule has 3 nitrogen and oxygen atoms in total. The second-order valence-electron chi connectivity index (χ2n) is 5.67. The van der Waals surface area contributed by atoms with Crippen LogP contribution in [0.3, 0.4) is 0 Å². The zero-order chi connectivity index (χ0) is 16.2. The molecule has 122 valence electrons. The van der Waals surface area contributed by atoms with E-state index in [1.807, 2.05) is 17.4 Å². The van der Waals surface area contributed by atoms with Crippen LogP contribution in [0.25, 0.3) is 0 Å². The Morgan fingerprint density at radius 1 is 1.35 bits per heavy atom. The number of nitrogens with one attached hydrogen (secondary N) is 1. The number of aryl methyl sites for hydroxylation is 3. The molecule has 0 bridgehead atoms. The van der Waals surface area contributed by atoms with Gasteiger partial charge in [-0.2, -0.15) is 0 Å². The van der Waals surface area contributed by atoms with Crippen molar-refractivity contribution in [3.63, 3.8) is 0 Å². The van der Waals surface area contributed by atoms with E-state index >= 15 is 0 Å². The second kappa shape index (κ2) is 7.77. The normalized spacial score (nSPS) is 13.7. The smallest absolute Gasteiger partial charge is 0.252 e. The highest BCUT2D eigenvalue weighted by Gasteiger charge is 2.15. The highest BCUT2D eigenvalue weighted by molar-refractivity contribution is 9.10. The number of amides is 1. The summed E-state index contributed by atoms with van der Waals surface area (Å²) >= 11 is 11.3. The van der Waals surface area contributed by atoms with E-state index in [-0.39, 0.29) is 5.91 Å². The fourth-order valence-electron chi connectivity index (χ4n) is 2.72. The molecule has 3 rings (SSSR count). The Hall–Kier alpha value is -0.910. The minimum Gasteiger partial charge on any atom is -0.352 e. The van der Waals surface area contributed by atoms with Crippen LogP contribution < -0.4 is 5.32 Å². The summed E-state index contributed by atoms with van der Waals surface area (Å²) in [5.41, 5.74) is 1.81. The van der Waals surface area contributed by atoms with Crippen LogP contribution in [0.4, 0.5) is 0 Å². The van der Waals surface area contributed by atoms with Crippen molar-refractivity contribution in [2.75, 3.05) is 6.54 Å². The number of rotatable bonds is 5. The minimum absolute atomic E-state index is 0.130. The van der Waals surface area contributed by atoms with Gasteiger partial charge in [-0.1, -0.05) is 27.5 Å². The van der Waals surface area contributed by atoms with E-state index in [0.29, 0.717) is 17.1 Å². The van der Waals surface area contributed by atoms with Gasteiger partial charge in [0.25, 0.3) is 5.91 Å². The van der Waals surface area contributed by atoms with Gasteiger partial charge < -0.3 is 5.32 Å². The van der Waals surface area contributed by atoms with Gasteiger partial charge in [0.15, 0.2) is 0 Å². The Kier molecular flexibility index (Phi) is 5.72. The maximum atomic E-state index is 12.2. The monoisotopic (exact) mass is 412 g/mol. The number of thiazole rings is 1. The first kappa shape index (κ1) is 16.9. The molecule has 0 saturated heterocycles. The summed E-state index contributed by atoms with van der Waals surface area (Å²) in [5.74, 6) is -0.130. The van der Waals surface area contributed by atoms with Crippen LogP contribution in [-0.4, -0.2) is 17.4 Å². The van der Waals surface area contributed by atoms with Crippen molar-refractivity contribution in [2.24, 2.45) is 0 Å².